The standard InChI is InChI=1S/C32H50N12O13/c1-13(38-26(50)16(10-22(35)46)40-28(52)19-5-3-7-43(19)30(54)15(33)9-21(34)45)25(49)42-18(12-24(37)48)31(55)44-8-4-6-20(44)29(53)41-17(11-23(36)47)27(51)39-14(2)32(56)57/h13-20H,3-12,33H2,1-2H3,(H2,34,45)(H2,35,46)(H2,36,47)(H2,37,48)(H,38,50)(H,39,51)(H,40,52)(H,41,53)(H,42,49)(H,56,57). The first-order chi connectivity index (χ1) is 26.5. The fraction of sp³-hybridized carbons (Fsp3) is 0.625. The Hall–Kier alpha value is -6.40. The molecule has 0 aromatic rings. The van der Waals surface area contributed by atoms with Crippen LogP contribution in [0.15, 0.2) is 0 Å². The van der Waals surface area contributed by atoms with Crippen LogP contribution in [0.3, 0.4) is 0 Å². The average Bonchev–Trinajstić information content (AvgIpc) is 3.80. The second-order valence-corrected chi connectivity index (χ2v) is 13.6. The molecule has 2 rings (SSSR count). The number of carboxylic acids is 1. The minimum absolute atomic E-state index is 0.0393. The first-order valence-corrected chi connectivity index (χ1v) is 17.8. The number of amides is 11. The maximum absolute atomic E-state index is 13.7. The Labute approximate surface area is 325 Å². The van der Waals surface area contributed by atoms with Crippen molar-refractivity contribution in [2.24, 2.45) is 28.7 Å². The molecule has 0 bridgehead atoms. The Bertz CT molecular complexity index is 1640. The summed E-state index contributed by atoms with van der Waals surface area (Å²) in [5.74, 6) is -12.0. The molecule has 0 spiro atoms. The summed E-state index contributed by atoms with van der Waals surface area (Å²) in [4.78, 5) is 152. The Kier molecular flexibility index (Phi) is 17.3. The molecule has 0 aromatic heterocycles. The second-order valence-electron chi connectivity index (χ2n) is 13.6. The number of nitrogens with zero attached hydrogens (tertiary/aromatic N) is 2. The number of carbonyl (C=O) groups excluding carboxylic acids is 11. The van der Waals surface area contributed by atoms with Gasteiger partial charge >= 0.3 is 5.97 Å². The first-order valence-electron chi connectivity index (χ1n) is 17.8. The van der Waals surface area contributed by atoms with Gasteiger partial charge in [-0.3, -0.25) is 57.5 Å². The van der Waals surface area contributed by atoms with E-state index in [-0.39, 0.29) is 32.4 Å². The van der Waals surface area contributed by atoms with Crippen LogP contribution in [0, 0.1) is 0 Å². The molecule has 2 heterocycles. The van der Waals surface area contributed by atoms with Crippen LogP contribution in [0.5, 0.6) is 0 Å². The highest BCUT2D eigenvalue weighted by Crippen LogP contribution is 2.21. The van der Waals surface area contributed by atoms with E-state index in [2.05, 4.69) is 26.6 Å². The molecular weight excluding hydrogens is 760 g/mol. The molecule has 11 amide bonds. The Morgan fingerprint density at radius 3 is 1.33 bits per heavy atom. The number of primary amides is 4. The number of hydrogen-bond acceptors (Lipinski definition) is 13. The number of carbonyl (C=O) groups is 12. The quantitative estimate of drug-likeness (QED) is 0.0513. The highest BCUT2D eigenvalue weighted by molar-refractivity contribution is 6.00. The molecule has 0 saturated carbocycles. The zero-order valence-corrected chi connectivity index (χ0v) is 31.3. The van der Waals surface area contributed by atoms with E-state index in [9.17, 15) is 57.5 Å². The van der Waals surface area contributed by atoms with Gasteiger partial charge in [0.1, 0.15) is 42.3 Å². The van der Waals surface area contributed by atoms with E-state index in [1.807, 2.05) is 0 Å². The van der Waals surface area contributed by atoms with Crippen molar-refractivity contribution in [3.8, 4) is 0 Å². The summed E-state index contributed by atoms with van der Waals surface area (Å²) in [5, 5.41) is 20.4. The smallest absolute Gasteiger partial charge is 0.325 e. The lowest BCUT2D eigenvalue weighted by atomic mass is 10.1. The molecule has 25 nitrogen and oxygen atoms in total. The number of nitrogens with two attached hydrogens (primary N) is 5. The molecule has 2 fully saturated rings. The number of nitrogens with one attached hydrogen (secondary N) is 5. The average molecular weight is 811 g/mol. The van der Waals surface area contributed by atoms with E-state index in [0.717, 1.165) is 16.7 Å². The molecule has 2 saturated heterocycles. The second kappa shape index (κ2) is 21.1. The molecule has 57 heavy (non-hydrogen) atoms. The minimum atomic E-state index is -1.68. The predicted octanol–water partition coefficient (Wildman–Crippen LogP) is -7.65. The molecular formula is C32H50N12O13. The van der Waals surface area contributed by atoms with Crippen LogP contribution in [-0.2, 0) is 57.5 Å². The van der Waals surface area contributed by atoms with Crippen LogP contribution in [0.25, 0.3) is 0 Å². The third-order valence-electron chi connectivity index (χ3n) is 8.99. The largest absolute Gasteiger partial charge is 0.480 e. The summed E-state index contributed by atoms with van der Waals surface area (Å²) in [6.45, 7) is 2.34. The van der Waals surface area contributed by atoms with Crippen LogP contribution in [0.2, 0.25) is 0 Å². The van der Waals surface area contributed by atoms with E-state index in [4.69, 9.17) is 33.8 Å². The summed E-state index contributed by atoms with van der Waals surface area (Å²) in [6, 6.07) is -11.6. The SMILES string of the molecule is CC(NC(=O)C(CC(N)=O)NC(=O)C1CCCN1C(=O)C(CC(N)=O)NC(=O)C(C)NC(=O)C(CC(N)=O)NC(=O)C1CCCN1C(=O)C(N)CC(N)=O)C(=O)O. The van der Waals surface area contributed by atoms with Gasteiger partial charge in [0.2, 0.25) is 65.0 Å². The zero-order chi connectivity index (χ0) is 43.3. The number of rotatable bonds is 21. The van der Waals surface area contributed by atoms with E-state index in [1.165, 1.54) is 6.92 Å². The van der Waals surface area contributed by atoms with Crippen molar-refractivity contribution in [3.05, 3.63) is 0 Å². The summed E-state index contributed by atoms with van der Waals surface area (Å²) in [5.41, 5.74) is 26.7. The normalized spacial score (nSPS) is 19.4. The van der Waals surface area contributed by atoms with Gasteiger partial charge in [-0.05, 0) is 39.5 Å². The summed E-state index contributed by atoms with van der Waals surface area (Å²) < 4.78 is 0. The van der Waals surface area contributed by atoms with Gasteiger partial charge in [0, 0.05) is 13.1 Å². The molecule has 8 unspecified atom stereocenters. The molecule has 0 aliphatic carbocycles. The van der Waals surface area contributed by atoms with Gasteiger partial charge in [0.05, 0.1) is 31.7 Å². The number of hydrogen-bond donors (Lipinski definition) is 11. The van der Waals surface area contributed by atoms with Gasteiger partial charge in [-0.25, -0.2) is 0 Å². The van der Waals surface area contributed by atoms with Crippen LogP contribution in [0.4, 0.5) is 0 Å². The Balaban J connectivity index is 2.17. The fourth-order valence-electron chi connectivity index (χ4n) is 6.13. The Morgan fingerprint density at radius 1 is 0.544 bits per heavy atom. The number of aliphatic carboxylic acids is 1. The van der Waals surface area contributed by atoms with Crippen LogP contribution in [0.1, 0.15) is 65.2 Å². The van der Waals surface area contributed by atoms with Gasteiger partial charge in [0.25, 0.3) is 0 Å². The number of likely N-dealkylation sites (tertiary alicyclic amines) is 2. The van der Waals surface area contributed by atoms with Gasteiger partial charge in [-0.15, -0.1) is 0 Å². The van der Waals surface area contributed by atoms with E-state index in [1.54, 1.807) is 0 Å². The molecule has 0 aromatic carbocycles. The van der Waals surface area contributed by atoms with Crippen LogP contribution < -0.4 is 55.3 Å². The van der Waals surface area contributed by atoms with Crippen LogP contribution >= 0.6 is 0 Å². The summed E-state index contributed by atoms with van der Waals surface area (Å²) >= 11 is 0. The van der Waals surface area contributed by atoms with Crippen molar-refractivity contribution in [1.29, 1.82) is 0 Å². The van der Waals surface area contributed by atoms with Gasteiger partial charge in [0.15, 0.2) is 0 Å². The van der Waals surface area contributed by atoms with Crippen molar-refractivity contribution >= 4 is 70.9 Å². The topological polar surface area (TPSA) is 422 Å². The fourth-order valence-corrected chi connectivity index (χ4v) is 6.13. The molecule has 2 aliphatic rings. The van der Waals surface area contributed by atoms with E-state index >= 15 is 0 Å². The summed E-state index contributed by atoms with van der Waals surface area (Å²) in [7, 11) is 0. The Morgan fingerprint density at radius 2 is 0.930 bits per heavy atom. The molecule has 8 atom stereocenters. The molecule has 0 radical (unpaired) electrons. The number of carboxylic acid groups (broad SMARTS) is 1. The lowest BCUT2D eigenvalue weighted by Gasteiger charge is -2.30. The first kappa shape index (κ1) is 46.8. The van der Waals surface area contributed by atoms with E-state index < -0.39 is 145 Å². The van der Waals surface area contributed by atoms with Crippen molar-refractivity contribution in [2.75, 3.05) is 13.1 Å². The van der Waals surface area contributed by atoms with Gasteiger partial charge in [-0.1, -0.05) is 0 Å². The molecule has 2 aliphatic heterocycles. The predicted molar refractivity (Wildman–Crippen MR) is 191 cm³/mol. The minimum Gasteiger partial charge on any atom is -0.480 e. The monoisotopic (exact) mass is 810 g/mol. The summed E-state index contributed by atoms with van der Waals surface area (Å²) in [6.07, 6.45) is -1.91. The highest BCUT2D eigenvalue weighted by Gasteiger charge is 2.41. The zero-order valence-electron chi connectivity index (χ0n) is 31.3. The molecule has 25 heteroatoms. The van der Waals surface area contributed by atoms with Crippen LogP contribution in [-0.4, -0.2) is 147 Å². The van der Waals surface area contributed by atoms with Gasteiger partial charge in [-0.2, -0.15) is 0 Å². The third-order valence-corrected chi connectivity index (χ3v) is 8.99. The van der Waals surface area contributed by atoms with Crippen molar-refractivity contribution in [2.45, 2.75) is 114 Å². The maximum Gasteiger partial charge on any atom is 0.325 e. The van der Waals surface area contributed by atoms with E-state index in [0.29, 0.717) is 6.42 Å². The molecule has 316 valence electrons. The van der Waals surface area contributed by atoms with Crippen molar-refractivity contribution in [3.63, 3.8) is 0 Å². The molecule has 16 N–H and O–H groups in total. The van der Waals surface area contributed by atoms with Gasteiger partial charge < -0.3 is 70.2 Å². The lowest BCUT2D eigenvalue weighted by Crippen LogP contribution is -2.60. The lowest BCUT2D eigenvalue weighted by molar-refractivity contribution is -0.144. The van der Waals surface area contributed by atoms with Crippen molar-refractivity contribution in [1.82, 2.24) is 36.4 Å². The van der Waals surface area contributed by atoms with Crippen molar-refractivity contribution < 1.29 is 62.6 Å². The highest BCUT2D eigenvalue weighted by atomic mass is 16.4. The third kappa shape index (κ3) is 14.0. The maximum atomic E-state index is 13.7.